The van der Waals surface area contributed by atoms with Crippen molar-refractivity contribution in [3.8, 4) is 5.69 Å². The number of aryl methyl sites for hydroxylation is 1. The highest BCUT2D eigenvalue weighted by atomic mass is 35.5. The minimum atomic E-state index is -0.600. The minimum absolute atomic E-state index is 0.0594. The van der Waals surface area contributed by atoms with Crippen molar-refractivity contribution in [2.45, 2.75) is 56.5 Å². The molecule has 1 aliphatic rings. The Kier molecular flexibility index (Phi) is 9.11. The standard InChI is InChI=1S/C28H28ClN5O5S2/c1-3-38-27(37)23-19-10-4-5-12-21(19)41-26(23)31-24(35)16(2)40-28-33-32-22(15-30-25(36)20-11-7-13-39-20)34(28)18-9-6-8-17(29)14-18/h6-9,11,13-14,16H,3-5,10,12,15H2,1-2H3,(H,30,36)(H,31,35). The number of rotatable bonds is 10. The first-order valence-electron chi connectivity index (χ1n) is 13.2. The first kappa shape index (κ1) is 28.9. The molecule has 0 saturated carbocycles. The maximum atomic E-state index is 13.4. The number of hydrogen-bond acceptors (Lipinski definition) is 9. The van der Waals surface area contributed by atoms with Crippen LogP contribution >= 0.6 is 34.7 Å². The third kappa shape index (κ3) is 6.50. The molecule has 2 N–H and O–H groups in total. The SMILES string of the molecule is CCOC(=O)c1c(NC(=O)C(C)Sc2nnc(CNC(=O)c3ccco3)n2-c2cccc(Cl)c2)sc2c1CCCC2. The van der Waals surface area contributed by atoms with E-state index in [1.165, 1.54) is 29.4 Å². The van der Waals surface area contributed by atoms with Gasteiger partial charge in [-0.25, -0.2) is 4.79 Å². The fourth-order valence-electron chi connectivity index (χ4n) is 4.52. The molecule has 1 unspecified atom stereocenters. The Balaban J connectivity index is 1.37. The summed E-state index contributed by atoms with van der Waals surface area (Å²) < 4.78 is 12.2. The second kappa shape index (κ2) is 12.9. The van der Waals surface area contributed by atoms with E-state index in [1.807, 2.05) is 6.07 Å². The number of nitrogens with one attached hydrogen (secondary N) is 2. The lowest BCUT2D eigenvalue weighted by Gasteiger charge is -2.15. The van der Waals surface area contributed by atoms with Gasteiger partial charge in [-0.3, -0.25) is 14.2 Å². The van der Waals surface area contributed by atoms with Crippen LogP contribution in [0.2, 0.25) is 5.02 Å². The van der Waals surface area contributed by atoms with Crippen molar-refractivity contribution in [1.82, 2.24) is 20.1 Å². The van der Waals surface area contributed by atoms with E-state index in [0.717, 1.165) is 36.1 Å². The number of thiophene rings is 1. The number of carbonyl (C=O) groups is 3. The molecule has 3 aromatic heterocycles. The molecular formula is C28H28ClN5O5S2. The zero-order valence-corrected chi connectivity index (χ0v) is 24.8. The summed E-state index contributed by atoms with van der Waals surface area (Å²) in [4.78, 5) is 39.8. The summed E-state index contributed by atoms with van der Waals surface area (Å²) in [7, 11) is 0. The molecule has 0 bridgehead atoms. The molecule has 214 valence electrons. The Morgan fingerprint density at radius 2 is 2.02 bits per heavy atom. The van der Waals surface area contributed by atoms with Crippen LogP contribution in [0.3, 0.4) is 0 Å². The number of nitrogens with zero attached hydrogens (tertiary/aromatic N) is 3. The van der Waals surface area contributed by atoms with E-state index < -0.39 is 17.1 Å². The molecule has 0 saturated heterocycles. The third-order valence-corrected chi connectivity index (χ3v) is 8.94. The molecule has 0 fully saturated rings. The molecule has 0 spiro atoms. The molecule has 10 nitrogen and oxygen atoms in total. The van der Waals surface area contributed by atoms with E-state index >= 15 is 0 Å². The van der Waals surface area contributed by atoms with Crippen LogP contribution in [0.5, 0.6) is 0 Å². The van der Waals surface area contributed by atoms with Crippen LogP contribution in [0.25, 0.3) is 5.69 Å². The van der Waals surface area contributed by atoms with Gasteiger partial charge in [0.15, 0.2) is 16.7 Å². The van der Waals surface area contributed by atoms with Crippen LogP contribution in [-0.2, 0) is 28.9 Å². The van der Waals surface area contributed by atoms with Crippen molar-refractivity contribution in [2.75, 3.05) is 11.9 Å². The molecule has 5 rings (SSSR count). The maximum Gasteiger partial charge on any atom is 0.341 e. The molecule has 0 radical (unpaired) electrons. The van der Waals surface area contributed by atoms with E-state index in [1.54, 1.807) is 48.7 Å². The Morgan fingerprint density at radius 3 is 2.78 bits per heavy atom. The molecule has 2 amide bonds. The number of hydrogen-bond donors (Lipinski definition) is 2. The Labute approximate surface area is 249 Å². The summed E-state index contributed by atoms with van der Waals surface area (Å²) in [6.07, 6.45) is 5.15. The lowest BCUT2D eigenvalue weighted by atomic mass is 9.95. The van der Waals surface area contributed by atoms with Gasteiger partial charge in [-0.1, -0.05) is 29.4 Å². The van der Waals surface area contributed by atoms with Gasteiger partial charge in [0.1, 0.15) is 5.00 Å². The first-order chi connectivity index (χ1) is 19.9. The number of ether oxygens (including phenoxy) is 1. The molecule has 13 heteroatoms. The second-order valence-corrected chi connectivity index (χ2v) is 12.1. The topological polar surface area (TPSA) is 128 Å². The number of halogens is 1. The highest BCUT2D eigenvalue weighted by Gasteiger charge is 2.29. The Hall–Kier alpha value is -3.61. The van der Waals surface area contributed by atoms with Gasteiger partial charge < -0.3 is 19.8 Å². The molecule has 1 atom stereocenters. The van der Waals surface area contributed by atoms with Crippen molar-refractivity contribution in [3.63, 3.8) is 0 Å². The van der Waals surface area contributed by atoms with E-state index in [4.69, 9.17) is 20.8 Å². The Bertz CT molecular complexity index is 1570. The molecule has 4 aromatic rings. The summed E-state index contributed by atoms with van der Waals surface area (Å²) in [5.41, 5.74) is 2.13. The smallest absolute Gasteiger partial charge is 0.341 e. The molecule has 1 aromatic carbocycles. The maximum absolute atomic E-state index is 13.4. The summed E-state index contributed by atoms with van der Waals surface area (Å²) in [6, 6.07) is 10.3. The number of aromatic nitrogens is 3. The Morgan fingerprint density at radius 1 is 1.20 bits per heavy atom. The van der Waals surface area contributed by atoms with Crippen LogP contribution in [0.1, 0.15) is 63.9 Å². The van der Waals surface area contributed by atoms with Crippen molar-refractivity contribution < 1.29 is 23.5 Å². The summed E-state index contributed by atoms with van der Waals surface area (Å²) in [6.45, 7) is 3.84. The van der Waals surface area contributed by atoms with Crippen LogP contribution < -0.4 is 10.6 Å². The highest BCUT2D eigenvalue weighted by Crippen LogP contribution is 2.39. The number of esters is 1. The van der Waals surface area contributed by atoms with E-state index in [-0.39, 0.29) is 24.8 Å². The van der Waals surface area contributed by atoms with Crippen molar-refractivity contribution in [3.05, 3.63) is 75.3 Å². The van der Waals surface area contributed by atoms with Gasteiger partial charge in [0.25, 0.3) is 5.91 Å². The van der Waals surface area contributed by atoms with Gasteiger partial charge in [0.2, 0.25) is 5.91 Å². The molecule has 0 aliphatic heterocycles. The number of amides is 2. The van der Waals surface area contributed by atoms with Crippen LogP contribution in [0.4, 0.5) is 5.00 Å². The largest absolute Gasteiger partial charge is 0.462 e. The first-order valence-corrected chi connectivity index (χ1v) is 15.2. The van der Waals surface area contributed by atoms with Crippen LogP contribution in [0, 0.1) is 0 Å². The van der Waals surface area contributed by atoms with E-state index in [9.17, 15) is 14.4 Å². The predicted octanol–water partition coefficient (Wildman–Crippen LogP) is 5.68. The molecule has 3 heterocycles. The fraction of sp³-hybridized carbons (Fsp3) is 0.321. The number of furan rings is 1. The van der Waals surface area contributed by atoms with Gasteiger partial charge in [0, 0.05) is 9.90 Å². The average Bonchev–Trinajstić information content (AvgIpc) is 3.70. The van der Waals surface area contributed by atoms with E-state index in [0.29, 0.717) is 32.3 Å². The molecule has 41 heavy (non-hydrogen) atoms. The highest BCUT2D eigenvalue weighted by molar-refractivity contribution is 8.00. The number of thioether (sulfide) groups is 1. The van der Waals surface area contributed by atoms with Gasteiger partial charge >= 0.3 is 5.97 Å². The number of fused-ring (bicyclic) bond motifs is 1. The fourth-order valence-corrected chi connectivity index (χ4v) is 6.87. The average molecular weight is 614 g/mol. The quantitative estimate of drug-likeness (QED) is 0.173. The van der Waals surface area contributed by atoms with Gasteiger partial charge in [-0.15, -0.1) is 21.5 Å². The van der Waals surface area contributed by atoms with Crippen LogP contribution in [0.15, 0.2) is 52.2 Å². The summed E-state index contributed by atoms with van der Waals surface area (Å²) in [5, 5.41) is 15.2. The van der Waals surface area contributed by atoms with Gasteiger partial charge in [-0.05, 0) is 75.4 Å². The van der Waals surface area contributed by atoms with Crippen molar-refractivity contribution >= 4 is 57.5 Å². The zero-order valence-electron chi connectivity index (χ0n) is 22.4. The molecular weight excluding hydrogens is 586 g/mol. The molecule has 1 aliphatic carbocycles. The third-order valence-electron chi connectivity index (χ3n) is 6.46. The second-order valence-electron chi connectivity index (χ2n) is 9.26. The summed E-state index contributed by atoms with van der Waals surface area (Å²) in [5.74, 6) is -0.473. The van der Waals surface area contributed by atoms with Crippen molar-refractivity contribution in [2.24, 2.45) is 0 Å². The van der Waals surface area contributed by atoms with Crippen LogP contribution in [-0.4, -0.2) is 44.4 Å². The van der Waals surface area contributed by atoms with Gasteiger partial charge in [-0.2, -0.15) is 0 Å². The number of benzene rings is 1. The lowest BCUT2D eigenvalue weighted by molar-refractivity contribution is -0.115. The number of anilines is 1. The summed E-state index contributed by atoms with van der Waals surface area (Å²) >= 11 is 8.92. The van der Waals surface area contributed by atoms with Gasteiger partial charge in [0.05, 0.1) is 35.9 Å². The van der Waals surface area contributed by atoms with Crippen molar-refractivity contribution in [1.29, 1.82) is 0 Å². The zero-order chi connectivity index (χ0) is 28.9. The minimum Gasteiger partial charge on any atom is -0.462 e. The predicted molar refractivity (Wildman–Crippen MR) is 157 cm³/mol. The van der Waals surface area contributed by atoms with E-state index in [2.05, 4.69) is 20.8 Å². The lowest BCUT2D eigenvalue weighted by Crippen LogP contribution is -2.25. The normalized spacial score (nSPS) is 13.3. The monoisotopic (exact) mass is 613 g/mol. The number of carbonyl (C=O) groups excluding carboxylic acids is 3.